The van der Waals surface area contributed by atoms with Gasteiger partial charge in [-0.1, -0.05) is 18.2 Å². The number of nitrogens with zero attached hydrogens (tertiary/aromatic N) is 1. The highest BCUT2D eigenvalue weighted by molar-refractivity contribution is 5.93. The molecule has 22 heavy (non-hydrogen) atoms. The Morgan fingerprint density at radius 2 is 1.91 bits per heavy atom. The summed E-state index contributed by atoms with van der Waals surface area (Å²) in [5.41, 5.74) is 4.07. The molecule has 0 saturated heterocycles. The molecule has 0 aliphatic carbocycles. The van der Waals surface area contributed by atoms with E-state index in [1.165, 1.54) is 12.5 Å². The molecule has 0 fully saturated rings. The van der Waals surface area contributed by atoms with Crippen LogP contribution in [-0.4, -0.2) is 18.0 Å². The molecule has 0 bridgehead atoms. The highest BCUT2D eigenvalue weighted by Crippen LogP contribution is 2.13. The summed E-state index contributed by atoms with van der Waals surface area (Å²) in [5, 5.41) is 6.51. The molecule has 6 heteroatoms. The Bertz CT molecular complexity index is 663. The van der Waals surface area contributed by atoms with Crippen LogP contribution in [0.25, 0.3) is 0 Å². The van der Waals surface area contributed by atoms with Crippen molar-refractivity contribution in [1.82, 2.24) is 5.43 Å². The lowest BCUT2D eigenvalue weighted by molar-refractivity contribution is -0.124. The minimum atomic E-state index is -0.331. The summed E-state index contributed by atoms with van der Waals surface area (Å²) in [6, 6.07) is 10.9. The fourth-order valence-corrected chi connectivity index (χ4v) is 1.74. The number of aryl methyl sites for hydroxylation is 1. The predicted octanol–water partition coefficient (Wildman–Crippen LogP) is 2.46. The molecular formula is C16H17N3O3. The van der Waals surface area contributed by atoms with Gasteiger partial charge in [0.2, 0.25) is 11.8 Å². The van der Waals surface area contributed by atoms with Crippen LogP contribution in [0.1, 0.15) is 24.2 Å². The minimum absolute atomic E-state index is 0.0627. The molecule has 1 aromatic carbocycles. The zero-order valence-corrected chi connectivity index (χ0v) is 12.2. The van der Waals surface area contributed by atoms with Crippen LogP contribution in [0.5, 0.6) is 0 Å². The maximum Gasteiger partial charge on any atom is 0.240 e. The van der Waals surface area contributed by atoms with Crippen LogP contribution in [-0.2, 0) is 9.59 Å². The smallest absolute Gasteiger partial charge is 0.240 e. The lowest BCUT2D eigenvalue weighted by Gasteiger charge is -2.07. The van der Waals surface area contributed by atoms with E-state index in [9.17, 15) is 9.59 Å². The van der Waals surface area contributed by atoms with Crippen molar-refractivity contribution in [3.05, 3.63) is 54.0 Å². The second kappa shape index (κ2) is 7.78. The number of nitrogens with one attached hydrogen (secondary N) is 2. The first-order chi connectivity index (χ1) is 10.6. The third-order valence-corrected chi connectivity index (χ3v) is 2.92. The molecule has 1 heterocycles. The van der Waals surface area contributed by atoms with E-state index in [1.807, 2.05) is 31.2 Å². The van der Waals surface area contributed by atoms with E-state index in [0.29, 0.717) is 5.76 Å². The molecular weight excluding hydrogens is 282 g/mol. The zero-order chi connectivity index (χ0) is 15.8. The highest BCUT2D eigenvalue weighted by Gasteiger charge is 2.07. The van der Waals surface area contributed by atoms with Gasteiger partial charge in [-0.05, 0) is 30.7 Å². The number of rotatable bonds is 6. The maximum atomic E-state index is 11.8. The van der Waals surface area contributed by atoms with Gasteiger partial charge in [0, 0.05) is 18.5 Å². The molecule has 0 unspecified atom stereocenters. The number of amides is 2. The average Bonchev–Trinajstić information content (AvgIpc) is 3.01. The first-order valence-electron chi connectivity index (χ1n) is 6.86. The molecule has 0 atom stereocenters. The molecule has 2 aromatic rings. The van der Waals surface area contributed by atoms with Gasteiger partial charge in [0.25, 0.3) is 0 Å². The van der Waals surface area contributed by atoms with Crippen molar-refractivity contribution in [2.24, 2.45) is 5.10 Å². The first-order valence-corrected chi connectivity index (χ1v) is 6.86. The number of furan rings is 1. The number of para-hydroxylation sites is 1. The van der Waals surface area contributed by atoms with E-state index in [4.69, 9.17) is 4.42 Å². The number of benzene rings is 1. The first kappa shape index (κ1) is 15.5. The largest absolute Gasteiger partial charge is 0.463 e. The molecule has 1 aromatic heterocycles. The van der Waals surface area contributed by atoms with Gasteiger partial charge in [-0.15, -0.1) is 0 Å². The Hall–Kier alpha value is -2.89. The van der Waals surface area contributed by atoms with Gasteiger partial charge < -0.3 is 9.73 Å². The third-order valence-electron chi connectivity index (χ3n) is 2.92. The van der Waals surface area contributed by atoms with E-state index in [0.717, 1.165) is 11.3 Å². The van der Waals surface area contributed by atoms with E-state index >= 15 is 0 Å². The molecule has 0 aliphatic rings. The van der Waals surface area contributed by atoms with Crippen LogP contribution < -0.4 is 10.7 Å². The molecule has 6 nitrogen and oxygen atoms in total. The zero-order valence-electron chi connectivity index (χ0n) is 12.2. The van der Waals surface area contributed by atoms with E-state index in [2.05, 4.69) is 15.8 Å². The SMILES string of the molecule is Cc1ccccc1NC(=O)CCC(=O)N/N=C\c1ccco1. The normalized spacial score (nSPS) is 10.6. The monoisotopic (exact) mass is 299 g/mol. The fourth-order valence-electron chi connectivity index (χ4n) is 1.74. The number of anilines is 1. The minimum Gasteiger partial charge on any atom is -0.463 e. The van der Waals surface area contributed by atoms with Gasteiger partial charge in [0.15, 0.2) is 0 Å². The Morgan fingerprint density at radius 1 is 1.14 bits per heavy atom. The molecule has 2 N–H and O–H groups in total. The van der Waals surface area contributed by atoms with E-state index < -0.39 is 0 Å². The number of carbonyl (C=O) groups is 2. The van der Waals surface area contributed by atoms with E-state index in [-0.39, 0.29) is 24.7 Å². The van der Waals surface area contributed by atoms with Gasteiger partial charge in [-0.2, -0.15) is 5.10 Å². The Morgan fingerprint density at radius 3 is 2.64 bits per heavy atom. The number of hydrazone groups is 1. The fraction of sp³-hybridized carbons (Fsp3) is 0.188. The summed E-state index contributed by atoms with van der Waals surface area (Å²) in [7, 11) is 0. The molecule has 0 spiro atoms. The van der Waals surface area contributed by atoms with Gasteiger partial charge in [-0.3, -0.25) is 9.59 Å². The van der Waals surface area contributed by atoms with Crippen molar-refractivity contribution in [1.29, 1.82) is 0 Å². The van der Waals surface area contributed by atoms with E-state index in [1.54, 1.807) is 12.1 Å². The van der Waals surface area contributed by atoms with Crippen LogP contribution in [0.4, 0.5) is 5.69 Å². The van der Waals surface area contributed by atoms with Crippen LogP contribution in [0, 0.1) is 6.92 Å². The van der Waals surface area contributed by atoms with Crippen molar-refractivity contribution in [3.63, 3.8) is 0 Å². The lowest BCUT2D eigenvalue weighted by atomic mass is 10.2. The Labute approximate surface area is 128 Å². The standard InChI is InChI=1S/C16H17N3O3/c1-12-5-2-3-7-14(12)18-15(20)8-9-16(21)19-17-11-13-6-4-10-22-13/h2-7,10-11H,8-9H2,1H3,(H,18,20)(H,19,21)/b17-11-. The second-order valence-corrected chi connectivity index (χ2v) is 4.67. The molecule has 0 radical (unpaired) electrons. The van der Waals surface area contributed by atoms with Crippen molar-refractivity contribution >= 4 is 23.7 Å². The van der Waals surface area contributed by atoms with Crippen molar-refractivity contribution < 1.29 is 14.0 Å². The number of hydrogen-bond acceptors (Lipinski definition) is 4. The summed E-state index contributed by atoms with van der Waals surface area (Å²) in [5.74, 6) is -0.000185. The summed E-state index contributed by atoms with van der Waals surface area (Å²) in [6.45, 7) is 1.91. The Kier molecular flexibility index (Phi) is 5.48. The number of carbonyl (C=O) groups excluding carboxylic acids is 2. The van der Waals surface area contributed by atoms with Crippen molar-refractivity contribution in [3.8, 4) is 0 Å². The highest BCUT2D eigenvalue weighted by atomic mass is 16.3. The van der Waals surface area contributed by atoms with Crippen LogP contribution in [0.2, 0.25) is 0 Å². The van der Waals surface area contributed by atoms with Gasteiger partial charge in [0.05, 0.1) is 12.5 Å². The predicted molar refractivity (Wildman–Crippen MR) is 83.5 cm³/mol. The third kappa shape index (κ3) is 4.90. The van der Waals surface area contributed by atoms with Gasteiger partial charge >= 0.3 is 0 Å². The lowest BCUT2D eigenvalue weighted by Crippen LogP contribution is -2.20. The van der Waals surface area contributed by atoms with Crippen LogP contribution in [0.3, 0.4) is 0 Å². The molecule has 2 rings (SSSR count). The van der Waals surface area contributed by atoms with Crippen molar-refractivity contribution in [2.45, 2.75) is 19.8 Å². The summed E-state index contributed by atoms with van der Waals surface area (Å²) < 4.78 is 5.03. The van der Waals surface area contributed by atoms with Crippen molar-refractivity contribution in [2.75, 3.05) is 5.32 Å². The number of hydrogen-bond donors (Lipinski definition) is 2. The molecule has 0 aliphatic heterocycles. The average molecular weight is 299 g/mol. The topological polar surface area (TPSA) is 83.7 Å². The van der Waals surface area contributed by atoms with Crippen LogP contribution in [0.15, 0.2) is 52.2 Å². The maximum absolute atomic E-state index is 11.8. The second-order valence-electron chi connectivity index (χ2n) is 4.67. The summed E-state index contributed by atoms with van der Waals surface area (Å²) in [6.07, 6.45) is 3.06. The van der Waals surface area contributed by atoms with Gasteiger partial charge in [-0.25, -0.2) is 5.43 Å². The Balaban J connectivity index is 1.72. The quantitative estimate of drug-likeness (QED) is 0.635. The summed E-state index contributed by atoms with van der Waals surface area (Å²) in [4.78, 5) is 23.3. The van der Waals surface area contributed by atoms with Crippen LogP contribution >= 0.6 is 0 Å². The molecule has 0 saturated carbocycles. The molecule has 114 valence electrons. The molecule has 2 amide bonds. The summed E-state index contributed by atoms with van der Waals surface area (Å²) >= 11 is 0. The van der Waals surface area contributed by atoms with Gasteiger partial charge in [0.1, 0.15) is 5.76 Å².